The predicted molar refractivity (Wildman–Crippen MR) is 88.8 cm³/mol. The van der Waals surface area contributed by atoms with Gasteiger partial charge in [-0.25, -0.2) is 0 Å². The van der Waals surface area contributed by atoms with Crippen LogP contribution in [-0.2, 0) is 9.53 Å². The van der Waals surface area contributed by atoms with Crippen LogP contribution in [0.5, 0.6) is 17.2 Å². The lowest BCUT2D eigenvalue weighted by Gasteiger charge is -2.36. The maximum atomic E-state index is 13.3. The quantitative estimate of drug-likeness (QED) is 0.781. The maximum Gasteiger partial charge on any atom is 0.231 e. The number of carbonyl (C=O) groups is 2. The Morgan fingerprint density at radius 3 is 2.42 bits per heavy atom. The van der Waals surface area contributed by atoms with Crippen LogP contribution in [0.15, 0.2) is 22.4 Å². The van der Waals surface area contributed by atoms with Crippen molar-refractivity contribution in [2.45, 2.75) is 18.9 Å². The molecule has 0 fully saturated rings. The highest BCUT2D eigenvalue weighted by molar-refractivity contribution is 9.10. The van der Waals surface area contributed by atoms with Crippen LogP contribution in [0.4, 0.5) is 0 Å². The molecule has 24 heavy (non-hydrogen) atoms. The Hall–Kier alpha value is -2.02. The topological polar surface area (TPSA) is 71.1 Å². The molecule has 0 amide bonds. The average molecular weight is 397 g/mol. The standard InChI is InChI=1S/C17H17BrO6/c1-8-5-9(19)6-12(23-4)17(8)16(20)13-10(21-2)7-11(22-3)14(18)15(13)24-17/h6-8H,5H2,1-4H3. The molecule has 0 saturated heterocycles. The molecule has 0 radical (unpaired) electrons. The summed E-state index contributed by atoms with van der Waals surface area (Å²) in [6.07, 6.45) is 1.53. The molecular formula is C17H17BrO6. The Balaban J connectivity index is 2.26. The number of fused-ring (bicyclic) bond motifs is 1. The second kappa shape index (κ2) is 5.81. The number of halogens is 1. The molecular weight excluding hydrogens is 380 g/mol. The number of ether oxygens (including phenoxy) is 4. The first-order valence-electron chi connectivity index (χ1n) is 7.38. The second-order valence-electron chi connectivity index (χ2n) is 5.75. The first-order chi connectivity index (χ1) is 11.4. The molecule has 128 valence electrons. The van der Waals surface area contributed by atoms with Crippen molar-refractivity contribution in [1.82, 2.24) is 0 Å². The van der Waals surface area contributed by atoms with E-state index in [1.165, 1.54) is 27.4 Å². The fourth-order valence-electron chi connectivity index (χ4n) is 3.30. The minimum Gasteiger partial charge on any atom is -0.496 e. The summed E-state index contributed by atoms with van der Waals surface area (Å²) in [4.78, 5) is 25.2. The van der Waals surface area contributed by atoms with Gasteiger partial charge in [0.2, 0.25) is 11.4 Å². The molecule has 0 bridgehead atoms. The normalized spacial score (nSPS) is 25.2. The molecule has 3 rings (SSSR count). The number of hydrogen-bond acceptors (Lipinski definition) is 6. The van der Waals surface area contributed by atoms with E-state index in [2.05, 4.69) is 15.9 Å². The third-order valence-electron chi connectivity index (χ3n) is 4.50. The molecule has 2 unspecified atom stereocenters. The van der Waals surface area contributed by atoms with Crippen LogP contribution >= 0.6 is 15.9 Å². The first kappa shape index (κ1) is 16.8. The number of rotatable bonds is 3. The number of Topliss-reactive ketones (excluding diaryl/α,β-unsaturated/α-hetero) is 1. The first-order valence-corrected chi connectivity index (χ1v) is 8.17. The number of allylic oxidation sites excluding steroid dienone is 1. The monoisotopic (exact) mass is 396 g/mol. The van der Waals surface area contributed by atoms with Crippen LogP contribution in [0, 0.1) is 5.92 Å². The van der Waals surface area contributed by atoms with Gasteiger partial charge in [0.15, 0.2) is 17.3 Å². The van der Waals surface area contributed by atoms with Crippen molar-refractivity contribution in [3.63, 3.8) is 0 Å². The predicted octanol–water partition coefficient (Wildman–Crippen LogP) is 2.92. The van der Waals surface area contributed by atoms with Crippen LogP contribution in [0.3, 0.4) is 0 Å². The fourth-order valence-corrected chi connectivity index (χ4v) is 3.85. The van der Waals surface area contributed by atoms with Crippen molar-refractivity contribution in [3.05, 3.63) is 27.9 Å². The van der Waals surface area contributed by atoms with Crippen molar-refractivity contribution in [2.75, 3.05) is 21.3 Å². The van der Waals surface area contributed by atoms with E-state index in [0.717, 1.165) is 0 Å². The molecule has 2 aliphatic rings. The van der Waals surface area contributed by atoms with Crippen molar-refractivity contribution in [1.29, 1.82) is 0 Å². The van der Waals surface area contributed by atoms with Crippen molar-refractivity contribution in [2.24, 2.45) is 5.92 Å². The average Bonchev–Trinajstić information content (AvgIpc) is 2.87. The highest BCUT2D eigenvalue weighted by Crippen LogP contribution is 2.54. The lowest BCUT2D eigenvalue weighted by molar-refractivity contribution is -0.118. The molecule has 6 nitrogen and oxygen atoms in total. The highest BCUT2D eigenvalue weighted by atomic mass is 79.9. The molecule has 0 N–H and O–H groups in total. The van der Waals surface area contributed by atoms with Gasteiger partial charge in [-0.2, -0.15) is 0 Å². The zero-order chi connectivity index (χ0) is 17.6. The third kappa shape index (κ3) is 2.07. The summed E-state index contributed by atoms with van der Waals surface area (Å²) in [5.41, 5.74) is -1.05. The van der Waals surface area contributed by atoms with Crippen molar-refractivity contribution in [3.8, 4) is 17.2 Å². The number of methoxy groups -OCH3 is 3. The molecule has 1 aromatic carbocycles. The van der Waals surface area contributed by atoms with Crippen LogP contribution in [0.1, 0.15) is 23.7 Å². The Labute approximate surface area is 147 Å². The zero-order valence-electron chi connectivity index (χ0n) is 13.8. The molecule has 1 aromatic rings. The van der Waals surface area contributed by atoms with E-state index < -0.39 is 5.60 Å². The number of hydrogen-bond donors (Lipinski definition) is 0. The van der Waals surface area contributed by atoms with Gasteiger partial charge < -0.3 is 18.9 Å². The lowest BCUT2D eigenvalue weighted by atomic mass is 9.75. The molecule has 1 heterocycles. The van der Waals surface area contributed by atoms with Gasteiger partial charge in [0.05, 0.1) is 21.3 Å². The van der Waals surface area contributed by atoms with Crippen LogP contribution < -0.4 is 14.2 Å². The second-order valence-corrected chi connectivity index (χ2v) is 6.54. The van der Waals surface area contributed by atoms with Gasteiger partial charge in [-0.1, -0.05) is 6.92 Å². The molecule has 0 saturated carbocycles. The fraction of sp³-hybridized carbons (Fsp3) is 0.412. The highest BCUT2D eigenvalue weighted by Gasteiger charge is 2.59. The van der Waals surface area contributed by atoms with Crippen LogP contribution in [0.25, 0.3) is 0 Å². The summed E-state index contributed by atoms with van der Waals surface area (Å²) in [6.45, 7) is 1.80. The third-order valence-corrected chi connectivity index (χ3v) is 5.25. The number of benzene rings is 1. The molecule has 0 aromatic heterocycles. The van der Waals surface area contributed by atoms with Crippen LogP contribution in [-0.4, -0.2) is 38.5 Å². The summed E-state index contributed by atoms with van der Waals surface area (Å²) in [5, 5.41) is 0. The van der Waals surface area contributed by atoms with Gasteiger partial charge in [-0.15, -0.1) is 0 Å². The molecule has 7 heteroatoms. The summed E-state index contributed by atoms with van der Waals surface area (Å²) in [5.74, 6) is 0.615. The summed E-state index contributed by atoms with van der Waals surface area (Å²) in [7, 11) is 4.41. The Kier molecular flexibility index (Phi) is 4.07. The van der Waals surface area contributed by atoms with Crippen molar-refractivity contribution < 1.29 is 28.5 Å². The van der Waals surface area contributed by atoms with Gasteiger partial charge >= 0.3 is 0 Å². The van der Waals surface area contributed by atoms with Gasteiger partial charge in [0.1, 0.15) is 21.5 Å². The van der Waals surface area contributed by atoms with E-state index in [0.29, 0.717) is 27.3 Å². The minimum absolute atomic E-state index is 0.0963. The van der Waals surface area contributed by atoms with E-state index in [-0.39, 0.29) is 29.7 Å². The zero-order valence-corrected chi connectivity index (χ0v) is 15.4. The van der Waals surface area contributed by atoms with Gasteiger partial charge in [-0.05, 0) is 15.9 Å². The van der Waals surface area contributed by atoms with E-state index in [1.54, 1.807) is 13.0 Å². The van der Waals surface area contributed by atoms with Gasteiger partial charge in [0, 0.05) is 24.5 Å². The summed E-state index contributed by atoms with van der Waals surface area (Å²) < 4.78 is 22.7. The Morgan fingerprint density at radius 2 is 1.83 bits per heavy atom. The van der Waals surface area contributed by atoms with Crippen LogP contribution in [0.2, 0.25) is 0 Å². The maximum absolute atomic E-state index is 13.3. The largest absolute Gasteiger partial charge is 0.496 e. The van der Waals surface area contributed by atoms with Gasteiger partial charge in [-0.3, -0.25) is 9.59 Å². The lowest BCUT2D eigenvalue weighted by Crippen LogP contribution is -2.51. The van der Waals surface area contributed by atoms with E-state index in [9.17, 15) is 9.59 Å². The van der Waals surface area contributed by atoms with E-state index >= 15 is 0 Å². The number of ketones is 2. The molecule has 1 aliphatic heterocycles. The molecule has 1 aliphatic carbocycles. The van der Waals surface area contributed by atoms with Gasteiger partial charge in [0.25, 0.3) is 0 Å². The molecule has 2 atom stereocenters. The Morgan fingerprint density at radius 1 is 1.17 bits per heavy atom. The SMILES string of the molecule is COC1=CC(=O)CC(C)C12Oc1c(Br)c(OC)cc(OC)c1C2=O. The number of carbonyl (C=O) groups excluding carboxylic acids is 2. The Bertz CT molecular complexity index is 769. The van der Waals surface area contributed by atoms with Crippen molar-refractivity contribution >= 4 is 27.5 Å². The van der Waals surface area contributed by atoms with E-state index in [4.69, 9.17) is 18.9 Å². The summed E-state index contributed by atoms with van der Waals surface area (Å²) >= 11 is 3.42. The summed E-state index contributed by atoms with van der Waals surface area (Å²) in [6, 6.07) is 1.62. The molecule has 1 spiro atoms. The minimum atomic E-state index is -1.37. The van der Waals surface area contributed by atoms with E-state index in [1.807, 2.05) is 0 Å². The smallest absolute Gasteiger partial charge is 0.231 e.